The fourth-order valence-electron chi connectivity index (χ4n) is 3.20. The summed E-state index contributed by atoms with van der Waals surface area (Å²) in [5.74, 6) is 0.341. The molecule has 0 bridgehead atoms. The maximum atomic E-state index is 12.7. The Hall–Kier alpha value is -3.04. The van der Waals surface area contributed by atoms with Crippen LogP contribution in [0.1, 0.15) is 37.8 Å². The van der Waals surface area contributed by atoms with Crippen molar-refractivity contribution >= 4 is 15.9 Å². The Kier molecular flexibility index (Phi) is 7.34. The minimum atomic E-state index is -3.58. The van der Waals surface area contributed by atoms with E-state index in [1.807, 2.05) is 54.6 Å². The molecule has 2 aromatic carbocycles. The molecular formula is C24H30N4O4S. The predicted molar refractivity (Wildman–Crippen MR) is 127 cm³/mol. The summed E-state index contributed by atoms with van der Waals surface area (Å²) in [6.07, 6.45) is 1.10. The van der Waals surface area contributed by atoms with Gasteiger partial charge in [-0.25, -0.2) is 8.42 Å². The van der Waals surface area contributed by atoms with Crippen LogP contribution in [0.25, 0.3) is 11.4 Å². The van der Waals surface area contributed by atoms with E-state index in [9.17, 15) is 13.2 Å². The lowest BCUT2D eigenvalue weighted by Crippen LogP contribution is -2.40. The van der Waals surface area contributed by atoms with E-state index in [4.69, 9.17) is 4.52 Å². The Bertz CT molecular complexity index is 1180. The average Bonchev–Trinajstić information content (AvgIpc) is 3.21. The van der Waals surface area contributed by atoms with E-state index in [-0.39, 0.29) is 36.8 Å². The Balaban J connectivity index is 1.65. The molecule has 1 heterocycles. The Labute approximate surface area is 195 Å². The molecule has 0 N–H and O–H groups in total. The fraction of sp³-hybridized carbons (Fsp3) is 0.375. The molecule has 176 valence electrons. The first-order chi connectivity index (χ1) is 15.4. The first-order valence-corrected chi connectivity index (χ1v) is 12.4. The van der Waals surface area contributed by atoms with E-state index in [1.54, 1.807) is 7.05 Å². The van der Waals surface area contributed by atoms with Gasteiger partial charge in [0, 0.05) is 19.2 Å². The minimum absolute atomic E-state index is 0.0460. The van der Waals surface area contributed by atoms with Crippen LogP contribution in [0.4, 0.5) is 0 Å². The highest BCUT2D eigenvalue weighted by Crippen LogP contribution is 2.25. The van der Waals surface area contributed by atoms with E-state index in [0.29, 0.717) is 5.82 Å². The quantitative estimate of drug-likeness (QED) is 0.500. The Morgan fingerprint density at radius 2 is 1.64 bits per heavy atom. The topological polar surface area (TPSA) is 96.6 Å². The molecule has 0 aliphatic heterocycles. The van der Waals surface area contributed by atoms with Crippen LogP contribution in [0, 0.1) is 0 Å². The standard InChI is InChI=1S/C24H30N4O4S/c1-24(2,3)20-13-11-19(12-14-20)23-25-21(32-26-23)16-27(4)22(29)17-28(33(5,30)31)15-18-9-7-6-8-10-18/h6-14H,15-17H2,1-5H3. The van der Waals surface area contributed by atoms with Crippen molar-refractivity contribution in [2.24, 2.45) is 0 Å². The summed E-state index contributed by atoms with van der Waals surface area (Å²) in [6, 6.07) is 17.1. The number of benzene rings is 2. The van der Waals surface area contributed by atoms with Crippen molar-refractivity contribution in [3.05, 3.63) is 71.6 Å². The number of hydrogen-bond donors (Lipinski definition) is 0. The molecule has 0 aliphatic rings. The molecule has 3 rings (SSSR count). The molecule has 1 amide bonds. The van der Waals surface area contributed by atoms with Crippen molar-refractivity contribution < 1.29 is 17.7 Å². The van der Waals surface area contributed by atoms with Gasteiger partial charge in [0.2, 0.25) is 27.6 Å². The molecule has 3 aromatic rings. The van der Waals surface area contributed by atoms with Gasteiger partial charge in [0.25, 0.3) is 0 Å². The molecule has 0 atom stereocenters. The van der Waals surface area contributed by atoms with Gasteiger partial charge in [-0.15, -0.1) is 0 Å². The summed E-state index contributed by atoms with van der Waals surface area (Å²) >= 11 is 0. The lowest BCUT2D eigenvalue weighted by molar-refractivity contribution is -0.131. The highest BCUT2D eigenvalue weighted by molar-refractivity contribution is 7.88. The highest BCUT2D eigenvalue weighted by atomic mass is 32.2. The van der Waals surface area contributed by atoms with Gasteiger partial charge in [0.05, 0.1) is 19.3 Å². The molecule has 9 heteroatoms. The van der Waals surface area contributed by atoms with Crippen molar-refractivity contribution in [2.45, 2.75) is 39.3 Å². The second-order valence-corrected chi connectivity index (χ2v) is 11.1. The lowest BCUT2D eigenvalue weighted by Gasteiger charge is -2.22. The fourth-order valence-corrected chi connectivity index (χ4v) is 3.92. The van der Waals surface area contributed by atoms with Gasteiger partial charge in [-0.1, -0.05) is 80.5 Å². The zero-order valence-corrected chi connectivity index (χ0v) is 20.5. The van der Waals surface area contributed by atoms with Crippen molar-refractivity contribution in [1.82, 2.24) is 19.3 Å². The summed E-state index contributed by atoms with van der Waals surface area (Å²) in [7, 11) is -2.00. The summed E-state index contributed by atoms with van der Waals surface area (Å²) in [5, 5.41) is 4.02. The van der Waals surface area contributed by atoms with Gasteiger partial charge in [-0.2, -0.15) is 9.29 Å². The van der Waals surface area contributed by atoms with Gasteiger partial charge < -0.3 is 9.42 Å². The number of hydrogen-bond acceptors (Lipinski definition) is 6. The van der Waals surface area contributed by atoms with Gasteiger partial charge in [0.1, 0.15) is 0 Å². The molecule has 0 saturated carbocycles. The molecule has 1 aromatic heterocycles. The number of carbonyl (C=O) groups excluding carboxylic acids is 1. The number of rotatable bonds is 8. The molecule has 0 radical (unpaired) electrons. The van der Waals surface area contributed by atoms with Crippen LogP contribution in [0.2, 0.25) is 0 Å². The maximum absolute atomic E-state index is 12.7. The smallest absolute Gasteiger partial charge is 0.246 e. The first-order valence-electron chi connectivity index (χ1n) is 10.6. The van der Waals surface area contributed by atoms with Crippen molar-refractivity contribution in [3.8, 4) is 11.4 Å². The number of amides is 1. The third-order valence-electron chi connectivity index (χ3n) is 5.26. The third-order valence-corrected chi connectivity index (χ3v) is 6.45. The maximum Gasteiger partial charge on any atom is 0.246 e. The first kappa shape index (κ1) is 24.6. The van der Waals surface area contributed by atoms with Crippen LogP contribution in [-0.2, 0) is 33.3 Å². The van der Waals surface area contributed by atoms with E-state index in [0.717, 1.165) is 21.7 Å². The summed E-state index contributed by atoms with van der Waals surface area (Å²) < 4.78 is 30.9. The Morgan fingerprint density at radius 3 is 2.21 bits per heavy atom. The molecule has 0 aliphatic carbocycles. The van der Waals surface area contributed by atoms with Crippen LogP contribution in [-0.4, -0.2) is 53.5 Å². The van der Waals surface area contributed by atoms with Gasteiger partial charge in [0.15, 0.2) is 0 Å². The molecule has 0 fully saturated rings. The molecule has 0 saturated heterocycles. The molecule has 33 heavy (non-hydrogen) atoms. The van der Waals surface area contributed by atoms with Crippen LogP contribution in [0.3, 0.4) is 0 Å². The van der Waals surface area contributed by atoms with Crippen molar-refractivity contribution in [1.29, 1.82) is 0 Å². The number of carbonyl (C=O) groups is 1. The van der Waals surface area contributed by atoms with E-state index in [1.165, 1.54) is 10.5 Å². The number of likely N-dealkylation sites (N-methyl/N-ethyl adjacent to an activating group) is 1. The van der Waals surface area contributed by atoms with Crippen LogP contribution < -0.4 is 0 Å². The lowest BCUT2D eigenvalue weighted by atomic mass is 9.87. The summed E-state index contributed by atoms with van der Waals surface area (Å²) in [6.45, 7) is 6.35. The monoisotopic (exact) mass is 470 g/mol. The predicted octanol–water partition coefficient (Wildman–Crippen LogP) is 3.45. The van der Waals surface area contributed by atoms with Crippen molar-refractivity contribution in [2.75, 3.05) is 19.8 Å². The Morgan fingerprint density at radius 1 is 1.00 bits per heavy atom. The van der Waals surface area contributed by atoms with Gasteiger partial charge in [-0.05, 0) is 16.5 Å². The van der Waals surface area contributed by atoms with E-state index < -0.39 is 10.0 Å². The molecule has 0 spiro atoms. The van der Waals surface area contributed by atoms with E-state index >= 15 is 0 Å². The normalized spacial score (nSPS) is 12.2. The third kappa shape index (κ3) is 6.72. The summed E-state index contributed by atoms with van der Waals surface area (Å²) in [5.41, 5.74) is 2.87. The second kappa shape index (κ2) is 9.84. The molecule has 8 nitrogen and oxygen atoms in total. The van der Waals surface area contributed by atoms with Crippen molar-refractivity contribution in [3.63, 3.8) is 0 Å². The zero-order valence-electron chi connectivity index (χ0n) is 19.6. The number of sulfonamides is 1. The number of aromatic nitrogens is 2. The average molecular weight is 471 g/mol. The highest BCUT2D eigenvalue weighted by Gasteiger charge is 2.23. The van der Waals surface area contributed by atoms with Crippen LogP contribution >= 0.6 is 0 Å². The molecule has 0 unspecified atom stereocenters. The van der Waals surface area contributed by atoms with Crippen LogP contribution in [0.15, 0.2) is 59.1 Å². The SMILES string of the molecule is CN(Cc1nc(-c2ccc(C(C)(C)C)cc2)no1)C(=O)CN(Cc1ccccc1)S(C)(=O)=O. The summed E-state index contributed by atoms with van der Waals surface area (Å²) in [4.78, 5) is 18.5. The van der Waals surface area contributed by atoms with E-state index in [2.05, 4.69) is 30.9 Å². The van der Waals surface area contributed by atoms with Crippen LogP contribution in [0.5, 0.6) is 0 Å². The minimum Gasteiger partial charge on any atom is -0.337 e. The van der Waals surface area contributed by atoms with Gasteiger partial charge >= 0.3 is 0 Å². The molecular weight excluding hydrogens is 440 g/mol. The zero-order chi connectivity index (χ0) is 24.2. The second-order valence-electron chi connectivity index (χ2n) is 9.11. The van der Waals surface area contributed by atoms with Gasteiger partial charge in [-0.3, -0.25) is 4.79 Å². The largest absolute Gasteiger partial charge is 0.337 e. The number of nitrogens with zero attached hydrogens (tertiary/aromatic N) is 4.